The van der Waals surface area contributed by atoms with Gasteiger partial charge in [0.25, 0.3) is 0 Å². The molecule has 2 fully saturated rings. The van der Waals surface area contributed by atoms with Crippen LogP contribution in [0.3, 0.4) is 0 Å². The van der Waals surface area contributed by atoms with Crippen LogP contribution in [0.2, 0.25) is 0 Å². The Morgan fingerprint density at radius 2 is 2.11 bits per heavy atom. The lowest BCUT2D eigenvalue weighted by molar-refractivity contribution is -0.147. The Bertz CT molecular complexity index is 822. The standard InChI is InChI=1S/C15H21F3N4O4S2/c1-21-13(15(16,17)18)19-20-14(21)27-8-12(23)22(7-11-3-2-5-26-11)10-4-6-28(24,25)9-10/h10-11H,2-9H2,1H3/t10-,11+/m0/s1. The van der Waals surface area contributed by atoms with Gasteiger partial charge in [0.15, 0.2) is 15.0 Å². The number of ether oxygens (including phenoxy) is 1. The summed E-state index contributed by atoms with van der Waals surface area (Å²) in [5.41, 5.74) is 0. The molecule has 0 bridgehead atoms. The second-order valence-electron chi connectivity index (χ2n) is 6.89. The number of hydrogen-bond donors (Lipinski definition) is 0. The van der Waals surface area contributed by atoms with E-state index in [0.717, 1.165) is 29.2 Å². The maximum atomic E-state index is 12.8. The number of nitrogens with zero attached hydrogens (tertiary/aromatic N) is 4. The third kappa shape index (κ3) is 4.98. The zero-order chi connectivity index (χ0) is 20.5. The third-order valence-electron chi connectivity index (χ3n) is 4.81. The third-order valence-corrected chi connectivity index (χ3v) is 7.56. The van der Waals surface area contributed by atoms with Crippen molar-refractivity contribution < 1.29 is 31.1 Å². The molecule has 2 atom stereocenters. The van der Waals surface area contributed by atoms with E-state index in [1.54, 1.807) is 0 Å². The predicted molar refractivity (Wildman–Crippen MR) is 94.5 cm³/mol. The van der Waals surface area contributed by atoms with E-state index < -0.39 is 27.9 Å². The molecular formula is C15H21F3N4O4S2. The van der Waals surface area contributed by atoms with Gasteiger partial charge in [-0.1, -0.05) is 11.8 Å². The second kappa shape index (κ2) is 8.19. The Morgan fingerprint density at radius 3 is 2.64 bits per heavy atom. The number of aromatic nitrogens is 3. The number of sulfone groups is 1. The highest BCUT2D eigenvalue weighted by atomic mass is 32.2. The topological polar surface area (TPSA) is 94.4 Å². The van der Waals surface area contributed by atoms with Crippen molar-refractivity contribution in [3.8, 4) is 0 Å². The van der Waals surface area contributed by atoms with Crippen molar-refractivity contribution in [1.29, 1.82) is 0 Å². The molecule has 2 aliphatic rings. The number of halogens is 3. The van der Waals surface area contributed by atoms with Crippen LogP contribution in [0.1, 0.15) is 25.1 Å². The van der Waals surface area contributed by atoms with Crippen LogP contribution in [0, 0.1) is 0 Å². The molecule has 0 N–H and O–H groups in total. The van der Waals surface area contributed by atoms with Crippen LogP contribution in [-0.4, -0.2) is 76.5 Å². The summed E-state index contributed by atoms with van der Waals surface area (Å²) in [4.78, 5) is 14.3. The highest BCUT2D eigenvalue weighted by Crippen LogP contribution is 2.30. The van der Waals surface area contributed by atoms with Crippen LogP contribution >= 0.6 is 11.8 Å². The fourth-order valence-electron chi connectivity index (χ4n) is 3.38. The Hall–Kier alpha value is -1.34. The van der Waals surface area contributed by atoms with Crippen LogP contribution in [0.25, 0.3) is 0 Å². The quantitative estimate of drug-likeness (QED) is 0.610. The Labute approximate surface area is 164 Å². The lowest BCUT2D eigenvalue weighted by Gasteiger charge is -2.30. The first kappa shape index (κ1) is 21.4. The number of amides is 1. The van der Waals surface area contributed by atoms with Crippen molar-refractivity contribution in [2.75, 3.05) is 30.4 Å². The minimum atomic E-state index is -4.63. The molecular weight excluding hydrogens is 421 g/mol. The molecule has 0 spiro atoms. The lowest BCUT2D eigenvalue weighted by atomic mass is 10.1. The number of rotatable bonds is 6. The highest BCUT2D eigenvalue weighted by Gasteiger charge is 2.38. The number of thioether (sulfide) groups is 1. The monoisotopic (exact) mass is 442 g/mol. The van der Waals surface area contributed by atoms with Crippen LogP contribution in [-0.2, 0) is 32.6 Å². The van der Waals surface area contributed by atoms with E-state index in [9.17, 15) is 26.4 Å². The van der Waals surface area contributed by atoms with Gasteiger partial charge in [0.2, 0.25) is 11.7 Å². The van der Waals surface area contributed by atoms with Crippen molar-refractivity contribution in [3.63, 3.8) is 0 Å². The van der Waals surface area contributed by atoms with E-state index in [1.807, 2.05) is 0 Å². The minimum Gasteiger partial charge on any atom is -0.376 e. The van der Waals surface area contributed by atoms with E-state index >= 15 is 0 Å². The number of carbonyl (C=O) groups is 1. The first-order valence-electron chi connectivity index (χ1n) is 8.78. The first-order chi connectivity index (χ1) is 13.1. The largest absolute Gasteiger partial charge is 0.451 e. The smallest absolute Gasteiger partial charge is 0.376 e. The molecule has 0 aromatic carbocycles. The van der Waals surface area contributed by atoms with Gasteiger partial charge in [-0.2, -0.15) is 13.2 Å². The van der Waals surface area contributed by atoms with E-state index in [-0.39, 0.29) is 41.0 Å². The van der Waals surface area contributed by atoms with Gasteiger partial charge in [0, 0.05) is 26.2 Å². The second-order valence-corrected chi connectivity index (χ2v) is 10.1. The fraction of sp³-hybridized carbons (Fsp3) is 0.800. The molecule has 0 radical (unpaired) electrons. The van der Waals surface area contributed by atoms with E-state index in [0.29, 0.717) is 13.0 Å². The average Bonchev–Trinajstić information content (AvgIpc) is 3.30. The molecule has 2 saturated heterocycles. The fourth-order valence-corrected chi connectivity index (χ4v) is 5.91. The van der Waals surface area contributed by atoms with Crippen LogP contribution in [0.4, 0.5) is 13.2 Å². The molecule has 1 aromatic heterocycles. The lowest BCUT2D eigenvalue weighted by Crippen LogP contribution is -2.46. The van der Waals surface area contributed by atoms with Gasteiger partial charge in [0.1, 0.15) is 0 Å². The zero-order valence-electron chi connectivity index (χ0n) is 15.2. The molecule has 13 heteroatoms. The number of alkyl halides is 3. The molecule has 158 valence electrons. The summed E-state index contributed by atoms with van der Waals surface area (Å²) >= 11 is 0.845. The summed E-state index contributed by atoms with van der Waals surface area (Å²) in [6.07, 6.45) is -2.76. The highest BCUT2D eigenvalue weighted by molar-refractivity contribution is 7.99. The SMILES string of the molecule is Cn1c(SCC(=O)N(C[C@H]2CCCO2)[C@H]2CCS(=O)(=O)C2)nnc1C(F)(F)F. The molecule has 3 rings (SSSR count). The van der Waals surface area contributed by atoms with E-state index in [4.69, 9.17) is 4.74 Å². The number of carbonyl (C=O) groups excluding carboxylic acids is 1. The van der Waals surface area contributed by atoms with Crippen LogP contribution in [0.5, 0.6) is 0 Å². The Morgan fingerprint density at radius 1 is 1.36 bits per heavy atom. The van der Waals surface area contributed by atoms with Gasteiger partial charge in [-0.05, 0) is 19.3 Å². The van der Waals surface area contributed by atoms with Gasteiger partial charge in [-0.25, -0.2) is 8.42 Å². The van der Waals surface area contributed by atoms with E-state index in [1.165, 1.54) is 11.9 Å². The minimum absolute atomic E-state index is 0.0261. The summed E-state index contributed by atoms with van der Waals surface area (Å²) in [6.45, 7) is 0.885. The molecule has 8 nitrogen and oxygen atoms in total. The van der Waals surface area contributed by atoms with Crippen molar-refractivity contribution in [1.82, 2.24) is 19.7 Å². The van der Waals surface area contributed by atoms with Gasteiger partial charge in [0.05, 0.1) is 23.4 Å². The van der Waals surface area contributed by atoms with Gasteiger partial charge in [-0.3, -0.25) is 4.79 Å². The van der Waals surface area contributed by atoms with Gasteiger partial charge >= 0.3 is 6.18 Å². The molecule has 3 heterocycles. The molecule has 2 aliphatic heterocycles. The van der Waals surface area contributed by atoms with Crippen molar-refractivity contribution in [2.24, 2.45) is 7.05 Å². The van der Waals surface area contributed by atoms with Crippen LogP contribution in [0.15, 0.2) is 5.16 Å². The molecule has 0 unspecified atom stereocenters. The van der Waals surface area contributed by atoms with Gasteiger partial charge < -0.3 is 14.2 Å². The Kier molecular flexibility index (Phi) is 6.25. The number of hydrogen-bond acceptors (Lipinski definition) is 7. The summed E-state index contributed by atoms with van der Waals surface area (Å²) in [6, 6.07) is -0.437. The van der Waals surface area contributed by atoms with Crippen molar-refractivity contribution in [2.45, 2.75) is 42.7 Å². The maximum Gasteiger partial charge on any atom is 0.451 e. The summed E-state index contributed by atoms with van der Waals surface area (Å²) < 4.78 is 68.5. The van der Waals surface area contributed by atoms with Crippen molar-refractivity contribution >= 4 is 27.5 Å². The molecule has 1 aromatic rings. The van der Waals surface area contributed by atoms with E-state index in [2.05, 4.69) is 10.2 Å². The summed E-state index contributed by atoms with van der Waals surface area (Å²) in [5.74, 6) is -1.72. The van der Waals surface area contributed by atoms with Gasteiger partial charge in [-0.15, -0.1) is 10.2 Å². The predicted octanol–water partition coefficient (Wildman–Crippen LogP) is 1.12. The molecule has 0 saturated carbocycles. The maximum absolute atomic E-state index is 12.8. The normalized spacial score (nSPS) is 24.6. The molecule has 1 amide bonds. The first-order valence-corrected chi connectivity index (χ1v) is 11.6. The zero-order valence-corrected chi connectivity index (χ0v) is 16.8. The molecule has 28 heavy (non-hydrogen) atoms. The summed E-state index contributed by atoms with van der Waals surface area (Å²) in [7, 11) is -2.00. The average molecular weight is 442 g/mol. The van der Waals surface area contributed by atoms with Crippen molar-refractivity contribution in [3.05, 3.63) is 5.82 Å². The van der Waals surface area contributed by atoms with Crippen LogP contribution < -0.4 is 0 Å². The Balaban J connectivity index is 1.68. The summed E-state index contributed by atoms with van der Waals surface area (Å²) in [5, 5.41) is 6.60. The molecule has 0 aliphatic carbocycles.